The summed E-state index contributed by atoms with van der Waals surface area (Å²) in [5.41, 5.74) is 1.91. The van der Waals surface area contributed by atoms with Crippen LogP contribution in [0.5, 0.6) is 11.5 Å². The van der Waals surface area contributed by atoms with Crippen LogP contribution in [0.3, 0.4) is 0 Å². The van der Waals surface area contributed by atoms with Gasteiger partial charge in [0.15, 0.2) is 0 Å². The van der Waals surface area contributed by atoms with Gasteiger partial charge < -0.3 is 15.3 Å². The molecule has 0 saturated heterocycles. The summed E-state index contributed by atoms with van der Waals surface area (Å²) in [5, 5.41) is 26.8. The Balaban J connectivity index is 2.25. The summed E-state index contributed by atoms with van der Waals surface area (Å²) in [6, 6.07) is 12.3. The highest BCUT2D eigenvalue weighted by molar-refractivity contribution is 9.10. The van der Waals surface area contributed by atoms with E-state index in [9.17, 15) is 10.5 Å². The van der Waals surface area contributed by atoms with E-state index < -0.39 is 0 Å². The van der Waals surface area contributed by atoms with Crippen LogP contribution in [0, 0.1) is 5.41 Å². The molecule has 0 fully saturated rings. The van der Waals surface area contributed by atoms with Crippen LogP contribution in [0.4, 0.5) is 0 Å². The van der Waals surface area contributed by atoms with Gasteiger partial charge in [0.25, 0.3) is 0 Å². The number of nitrogens with zero attached hydrogens (tertiary/aromatic N) is 1. The van der Waals surface area contributed by atoms with Crippen molar-refractivity contribution in [2.75, 3.05) is 0 Å². The van der Waals surface area contributed by atoms with E-state index in [4.69, 9.17) is 10.1 Å². The SMILES string of the molecule is [N-]=C=C1C(=N)Oc2cc(O)ccc2C1c1cccc(Br)c1. The third kappa shape index (κ3) is 2.37. The maximum atomic E-state index is 9.57. The van der Waals surface area contributed by atoms with E-state index in [1.807, 2.05) is 24.3 Å². The van der Waals surface area contributed by atoms with Crippen LogP contribution < -0.4 is 4.74 Å². The lowest BCUT2D eigenvalue weighted by Crippen LogP contribution is -2.24. The number of nitrogens with one attached hydrogen (secondary N) is 1. The van der Waals surface area contributed by atoms with Crippen LogP contribution in [-0.2, 0) is 0 Å². The summed E-state index contributed by atoms with van der Waals surface area (Å²) in [7, 11) is 0. The zero-order chi connectivity index (χ0) is 15.0. The molecule has 0 amide bonds. The lowest BCUT2D eigenvalue weighted by atomic mass is 9.83. The molecule has 0 aromatic heterocycles. The van der Waals surface area contributed by atoms with Gasteiger partial charge in [-0.2, -0.15) is 0 Å². The minimum atomic E-state index is -0.371. The Morgan fingerprint density at radius 1 is 1.24 bits per heavy atom. The molecule has 0 aliphatic carbocycles. The summed E-state index contributed by atoms with van der Waals surface area (Å²) >= 11 is 3.42. The number of hydrogen-bond donors (Lipinski definition) is 2. The van der Waals surface area contributed by atoms with Crippen LogP contribution in [-0.4, -0.2) is 16.9 Å². The molecule has 5 heteroatoms. The van der Waals surface area contributed by atoms with Gasteiger partial charge in [0.2, 0.25) is 5.90 Å². The normalized spacial score (nSPS) is 16.9. The largest absolute Gasteiger partial charge is 0.763 e. The molecule has 1 atom stereocenters. The van der Waals surface area contributed by atoms with E-state index in [1.54, 1.807) is 12.1 Å². The Morgan fingerprint density at radius 3 is 2.76 bits per heavy atom. The van der Waals surface area contributed by atoms with Crippen molar-refractivity contribution in [3.63, 3.8) is 0 Å². The number of hydrogen-bond acceptors (Lipinski definition) is 3. The monoisotopic (exact) mass is 341 g/mol. The van der Waals surface area contributed by atoms with Crippen molar-refractivity contribution >= 4 is 27.7 Å². The predicted molar refractivity (Wildman–Crippen MR) is 84.3 cm³/mol. The Morgan fingerprint density at radius 2 is 2.05 bits per heavy atom. The molecule has 4 nitrogen and oxygen atoms in total. The zero-order valence-corrected chi connectivity index (χ0v) is 12.4. The van der Waals surface area contributed by atoms with Gasteiger partial charge in [0, 0.05) is 27.6 Å². The maximum absolute atomic E-state index is 9.57. The number of halogens is 1. The number of fused-ring (bicyclic) bond motifs is 1. The highest BCUT2D eigenvalue weighted by Gasteiger charge is 2.31. The summed E-state index contributed by atoms with van der Waals surface area (Å²) in [5.74, 6) is 1.99. The van der Waals surface area contributed by atoms with Gasteiger partial charge >= 0.3 is 0 Å². The maximum Gasteiger partial charge on any atom is 0.222 e. The average Bonchev–Trinajstić information content (AvgIpc) is 2.45. The second kappa shape index (κ2) is 5.20. The fourth-order valence-corrected chi connectivity index (χ4v) is 2.87. The quantitative estimate of drug-likeness (QED) is 0.773. The molecule has 2 aromatic carbocycles. The number of ether oxygens (including phenoxy) is 1. The van der Waals surface area contributed by atoms with Crippen molar-refractivity contribution in [1.29, 1.82) is 5.41 Å². The number of phenolic OH excluding ortho intramolecular Hbond substituents is 1. The predicted octanol–water partition coefficient (Wildman–Crippen LogP) is 3.82. The van der Waals surface area contributed by atoms with Crippen LogP contribution in [0.1, 0.15) is 17.0 Å². The van der Waals surface area contributed by atoms with Crippen molar-refractivity contribution in [3.05, 3.63) is 69.0 Å². The second-order valence-electron chi connectivity index (χ2n) is 4.67. The van der Waals surface area contributed by atoms with Crippen LogP contribution in [0.15, 0.2) is 52.5 Å². The fraction of sp³-hybridized carbons (Fsp3) is 0.0625. The average molecular weight is 342 g/mol. The first-order valence-electron chi connectivity index (χ1n) is 6.22. The smallest absolute Gasteiger partial charge is 0.222 e. The van der Waals surface area contributed by atoms with Crippen molar-refractivity contribution in [2.45, 2.75) is 5.92 Å². The van der Waals surface area contributed by atoms with Gasteiger partial charge in [-0.1, -0.05) is 34.1 Å². The standard InChI is InChI=1S/C16H10BrN2O2/c17-10-3-1-2-9(6-10)15-12-5-4-11(20)7-14(12)21-16(19)13(15)8-18/h1-7,15,19-20H/q-1. The first-order chi connectivity index (χ1) is 10.1. The van der Waals surface area contributed by atoms with Gasteiger partial charge in [0.1, 0.15) is 11.5 Å². The molecule has 0 spiro atoms. The molecular weight excluding hydrogens is 332 g/mol. The fourth-order valence-electron chi connectivity index (χ4n) is 2.45. The Kier molecular flexibility index (Phi) is 3.37. The van der Waals surface area contributed by atoms with E-state index in [2.05, 4.69) is 21.8 Å². The molecule has 0 radical (unpaired) electrons. The lowest BCUT2D eigenvalue weighted by Gasteiger charge is -2.28. The van der Waals surface area contributed by atoms with Gasteiger partial charge in [-0.3, -0.25) is 11.3 Å². The highest BCUT2D eigenvalue weighted by Crippen LogP contribution is 2.42. The molecule has 0 saturated carbocycles. The van der Waals surface area contributed by atoms with Crippen molar-refractivity contribution in [2.24, 2.45) is 0 Å². The van der Waals surface area contributed by atoms with E-state index >= 15 is 0 Å². The number of phenols is 1. The van der Waals surface area contributed by atoms with E-state index in [0.717, 1.165) is 15.6 Å². The minimum Gasteiger partial charge on any atom is -0.763 e. The first-order valence-corrected chi connectivity index (χ1v) is 7.01. The molecule has 2 aromatic rings. The molecule has 1 heterocycles. The second-order valence-corrected chi connectivity index (χ2v) is 5.58. The zero-order valence-electron chi connectivity index (χ0n) is 10.8. The third-order valence-corrected chi connectivity index (χ3v) is 3.85. The van der Waals surface area contributed by atoms with Crippen LogP contribution in [0.25, 0.3) is 5.41 Å². The van der Waals surface area contributed by atoms with Crippen molar-refractivity contribution in [1.82, 2.24) is 0 Å². The molecule has 0 bridgehead atoms. The van der Waals surface area contributed by atoms with Gasteiger partial charge in [0.05, 0.1) is 0 Å². The van der Waals surface area contributed by atoms with Crippen molar-refractivity contribution in [3.8, 4) is 11.5 Å². The molecular formula is C16H10BrN2O2-. The summed E-state index contributed by atoms with van der Waals surface area (Å²) in [6.07, 6.45) is 0. The van der Waals surface area contributed by atoms with Gasteiger partial charge in [-0.15, -0.1) is 0 Å². The van der Waals surface area contributed by atoms with Crippen molar-refractivity contribution < 1.29 is 9.84 Å². The lowest BCUT2D eigenvalue weighted by molar-refractivity contribution is 0.463. The van der Waals surface area contributed by atoms with E-state index in [-0.39, 0.29) is 23.1 Å². The first kappa shape index (κ1) is 13.6. The molecule has 104 valence electrons. The van der Waals surface area contributed by atoms with Crippen LogP contribution in [0.2, 0.25) is 0 Å². The van der Waals surface area contributed by atoms with Gasteiger partial charge in [-0.05, 0) is 23.8 Å². The Hall–Kier alpha value is -2.36. The Bertz CT molecular complexity index is 795. The topological polar surface area (TPSA) is 75.6 Å². The number of rotatable bonds is 1. The van der Waals surface area contributed by atoms with E-state index in [0.29, 0.717) is 5.75 Å². The Labute approximate surface area is 129 Å². The highest BCUT2D eigenvalue weighted by atomic mass is 79.9. The minimum absolute atomic E-state index is 0.0648. The molecule has 2 N–H and O–H groups in total. The summed E-state index contributed by atoms with van der Waals surface area (Å²) in [4.78, 5) is 0. The van der Waals surface area contributed by atoms with E-state index in [1.165, 1.54) is 6.07 Å². The molecule has 1 aliphatic heterocycles. The molecule has 3 rings (SSSR count). The molecule has 1 aliphatic rings. The molecule has 21 heavy (non-hydrogen) atoms. The number of benzene rings is 2. The summed E-state index contributed by atoms with van der Waals surface area (Å²) in [6.45, 7) is 0. The number of aromatic hydroxyl groups is 1. The van der Waals surface area contributed by atoms with Crippen LogP contribution >= 0.6 is 15.9 Å². The third-order valence-electron chi connectivity index (χ3n) is 3.36. The molecule has 1 unspecified atom stereocenters. The van der Waals surface area contributed by atoms with Gasteiger partial charge in [-0.25, -0.2) is 0 Å². The summed E-state index contributed by atoms with van der Waals surface area (Å²) < 4.78 is 6.25.